The highest BCUT2D eigenvalue weighted by molar-refractivity contribution is 14.0. The largest absolute Gasteiger partial charge is 0.378 e. The van der Waals surface area contributed by atoms with Crippen LogP contribution in [0, 0.1) is 0 Å². The van der Waals surface area contributed by atoms with Gasteiger partial charge in [0.15, 0.2) is 5.96 Å². The minimum Gasteiger partial charge on any atom is -0.378 e. The van der Waals surface area contributed by atoms with E-state index in [1.165, 1.54) is 32.1 Å². The molecule has 0 radical (unpaired) electrons. The van der Waals surface area contributed by atoms with Crippen LogP contribution in [0.2, 0.25) is 0 Å². The number of nitrogens with one attached hydrogen (secondary N) is 3. The molecule has 1 rings (SSSR count). The summed E-state index contributed by atoms with van der Waals surface area (Å²) in [4.78, 5) is 16.1. The number of rotatable bonds is 11. The van der Waals surface area contributed by atoms with Crippen LogP contribution >= 0.6 is 24.0 Å². The maximum absolute atomic E-state index is 11.6. The van der Waals surface area contributed by atoms with Crippen LogP contribution in [0.5, 0.6) is 0 Å². The van der Waals surface area contributed by atoms with E-state index in [9.17, 15) is 4.79 Å². The first kappa shape index (κ1) is 24.4. The third-order valence-electron chi connectivity index (χ3n) is 4.04. The number of nitrogens with zero attached hydrogens (tertiary/aromatic N) is 1. The van der Waals surface area contributed by atoms with Crippen LogP contribution in [0.1, 0.15) is 65.2 Å². The molecule has 0 aromatic heterocycles. The number of guanidine groups is 1. The fraction of sp³-hybridized carbons (Fsp3) is 0.889. The number of carbonyl (C=O) groups is 1. The van der Waals surface area contributed by atoms with Crippen molar-refractivity contribution in [3.63, 3.8) is 0 Å². The summed E-state index contributed by atoms with van der Waals surface area (Å²) in [6.45, 7) is 7.77. The Labute approximate surface area is 170 Å². The third kappa shape index (κ3) is 13.3. The topological polar surface area (TPSA) is 74.8 Å². The van der Waals surface area contributed by atoms with Crippen molar-refractivity contribution < 1.29 is 9.53 Å². The van der Waals surface area contributed by atoms with Crippen molar-refractivity contribution in [3.8, 4) is 0 Å². The summed E-state index contributed by atoms with van der Waals surface area (Å²) in [5.74, 6) is 0.861. The first-order valence-electron chi connectivity index (χ1n) is 9.66. The molecule has 0 heterocycles. The summed E-state index contributed by atoms with van der Waals surface area (Å²) in [5.41, 5.74) is 0. The van der Waals surface area contributed by atoms with Crippen LogP contribution < -0.4 is 16.0 Å². The Bertz CT molecular complexity index is 361. The summed E-state index contributed by atoms with van der Waals surface area (Å²) in [7, 11) is 0. The summed E-state index contributed by atoms with van der Waals surface area (Å²) in [6, 6.07) is 0. The predicted molar refractivity (Wildman–Crippen MR) is 115 cm³/mol. The molecule has 0 aromatic rings. The van der Waals surface area contributed by atoms with Gasteiger partial charge in [-0.15, -0.1) is 24.0 Å². The third-order valence-corrected chi connectivity index (χ3v) is 4.04. The van der Waals surface area contributed by atoms with Crippen LogP contribution in [0.3, 0.4) is 0 Å². The molecule has 1 saturated carbocycles. The minimum absolute atomic E-state index is 0. The van der Waals surface area contributed by atoms with E-state index in [2.05, 4.69) is 20.9 Å². The van der Waals surface area contributed by atoms with E-state index >= 15 is 0 Å². The summed E-state index contributed by atoms with van der Waals surface area (Å²) in [6.07, 6.45) is 9.24. The van der Waals surface area contributed by atoms with Crippen LogP contribution in [0.25, 0.3) is 0 Å². The molecule has 0 saturated heterocycles. The van der Waals surface area contributed by atoms with Gasteiger partial charge in [-0.25, -0.2) is 0 Å². The van der Waals surface area contributed by atoms with Gasteiger partial charge < -0.3 is 20.7 Å². The zero-order valence-corrected chi connectivity index (χ0v) is 18.3. The van der Waals surface area contributed by atoms with Crippen molar-refractivity contribution in [2.45, 2.75) is 71.3 Å². The van der Waals surface area contributed by atoms with E-state index in [-0.39, 0.29) is 29.9 Å². The lowest BCUT2D eigenvalue weighted by atomic mass is 9.98. The fourth-order valence-electron chi connectivity index (χ4n) is 2.73. The lowest BCUT2D eigenvalue weighted by Gasteiger charge is -2.21. The van der Waals surface area contributed by atoms with Gasteiger partial charge >= 0.3 is 0 Å². The molecular weight excluding hydrogens is 431 g/mol. The highest BCUT2D eigenvalue weighted by atomic mass is 127. The number of hydrogen-bond acceptors (Lipinski definition) is 3. The number of aliphatic imine (C=N–C) groups is 1. The van der Waals surface area contributed by atoms with Gasteiger partial charge in [0.25, 0.3) is 0 Å². The average molecular weight is 468 g/mol. The monoisotopic (exact) mass is 468 g/mol. The van der Waals surface area contributed by atoms with Crippen molar-refractivity contribution in [2.75, 3.05) is 32.8 Å². The van der Waals surface area contributed by atoms with Gasteiger partial charge in [0.2, 0.25) is 5.91 Å². The zero-order valence-electron chi connectivity index (χ0n) is 15.9. The predicted octanol–water partition coefficient (Wildman–Crippen LogP) is 2.82. The fourth-order valence-corrected chi connectivity index (χ4v) is 2.73. The van der Waals surface area contributed by atoms with Crippen molar-refractivity contribution in [2.24, 2.45) is 4.99 Å². The quantitative estimate of drug-likeness (QED) is 0.189. The first-order valence-corrected chi connectivity index (χ1v) is 9.66. The Balaban J connectivity index is 0.00000576. The summed E-state index contributed by atoms with van der Waals surface area (Å²) in [5, 5.41) is 9.29. The molecule has 0 aliphatic heterocycles. The van der Waals surface area contributed by atoms with Gasteiger partial charge in [-0.2, -0.15) is 0 Å². The van der Waals surface area contributed by atoms with E-state index in [1.807, 2.05) is 13.8 Å². The molecule has 7 heteroatoms. The molecule has 148 valence electrons. The van der Waals surface area contributed by atoms with Gasteiger partial charge in [0.1, 0.15) is 0 Å². The molecule has 1 fully saturated rings. The highest BCUT2D eigenvalue weighted by Crippen LogP contribution is 2.20. The summed E-state index contributed by atoms with van der Waals surface area (Å²) < 4.78 is 5.91. The van der Waals surface area contributed by atoms with Gasteiger partial charge in [-0.05, 0) is 32.6 Å². The Morgan fingerprint density at radius 1 is 1.08 bits per heavy atom. The Morgan fingerprint density at radius 2 is 1.84 bits per heavy atom. The van der Waals surface area contributed by atoms with Crippen molar-refractivity contribution in [1.29, 1.82) is 0 Å². The SMILES string of the molecule is CCCNC(=O)CCNC(=NCCCOC1CCCCC1)NCC.I. The molecule has 1 amide bonds. The maximum atomic E-state index is 11.6. The average Bonchev–Trinajstić information content (AvgIpc) is 2.60. The van der Waals surface area contributed by atoms with Crippen molar-refractivity contribution >= 4 is 35.8 Å². The lowest BCUT2D eigenvalue weighted by molar-refractivity contribution is -0.120. The molecule has 3 N–H and O–H groups in total. The van der Waals surface area contributed by atoms with E-state index in [4.69, 9.17) is 4.74 Å². The van der Waals surface area contributed by atoms with E-state index in [1.54, 1.807) is 0 Å². The molecule has 0 spiro atoms. The second kappa shape index (κ2) is 16.9. The maximum Gasteiger partial charge on any atom is 0.221 e. The number of ether oxygens (including phenoxy) is 1. The Hall–Kier alpha value is -0.570. The molecular formula is C18H37IN4O2. The molecule has 0 bridgehead atoms. The minimum atomic E-state index is 0. The van der Waals surface area contributed by atoms with Crippen LogP contribution in [0.15, 0.2) is 4.99 Å². The van der Waals surface area contributed by atoms with Gasteiger partial charge in [-0.1, -0.05) is 26.2 Å². The molecule has 1 aliphatic carbocycles. The molecule has 0 unspecified atom stereocenters. The second-order valence-corrected chi connectivity index (χ2v) is 6.27. The van der Waals surface area contributed by atoms with Crippen LogP contribution in [0.4, 0.5) is 0 Å². The Kier molecular flexibility index (Phi) is 16.5. The molecule has 0 aromatic carbocycles. The lowest BCUT2D eigenvalue weighted by Crippen LogP contribution is -2.39. The standard InChI is InChI=1S/C18H36N4O2.HI/c1-3-12-20-17(23)11-14-22-18(19-4-2)21-13-8-15-24-16-9-6-5-7-10-16;/h16H,3-15H2,1-2H3,(H,20,23)(H2,19,21,22);1H. The molecule has 0 atom stereocenters. The molecule has 25 heavy (non-hydrogen) atoms. The number of halogens is 1. The van der Waals surface area contributed by atoms with Gasteiger partial charge in [-0.3, -0.25) is 9.79 Å². The highest BCUT2D eigenvalue weighted by Gasteiger charge is 2.12. The van der Waals surface area contributed by atoms with Crippen LogP contribution in [-0.4, -0.2) is 50.8 Å². The van der Waals surface area contributed by atoms with Gasteiger partial charge in [0.05, 0.1) is 6.10 Å². The first-order chi connectivity index (χ1) is 11.8. The van der Waals surface area contributed by atoms with Gasteiger partial charge in [0, 0.05) is 39.2 Å². The van der Waals surface area contributed by atoms with Crippen molar-refractivity contribution in [3.05, 3.63) is 0 Å². The molecule has 1 aliphatic rings. The number of hydrogen-bond donors (Lipinski definition) is 3. The van der Waals surface area contributed by atoms with Crippen LogP contribution in [-0.2, 0) is 9.53 Å². The number of carbonyl (C=O) groups excluding carboxylic acids is 1. The second-order valence-electron chi connectivity index (χ2n) is 6.27. The van der Waals surface area contributed by atoms with E-state index < -0.39 is 0 Å². The smallest absolute Gasteiger partial charge is 0.221 e. The normalized spacial score (nSPS) is 15.4. The van der Waals surface area contributed by atoms with E-state index in [0.717, 1.165) is 45.0 Å². The van der Waals surface area contributed by atoms with Crippen molar-refractivity contribution in [1.82, 2.24) is 16.0 Å². The Morgan fingerprint density at radius 3 is 2.52 bits per heavy atom. The number of amides is 1. The summed E-state index contributed by atoms with van der Waals surface area (Å²) >= 11 is 0. The van der Waals surface area contributed by atoms with E-state index in [0.29, 0.717) is 19.1 Å². The zero-order chi connectivity index (χ0) is 17.5. The molecule has 6 nitrogen and oxygen atoms in total.